The summed E-state index contributed by atoms with van der Waals surface area (Å²) in [5.41, 5.74) is 0. The third-order valence-electron chi connectivity index (χ3n) is 4.22. The maximum Gasteiger partial charge on any atom is 0.225 e. The monoisotopic (exact) mass is 302 g/mol. The number of likely N-dealkylation sites (tertiary alicyclic amines) is 1. The number of rotatable bonds is 6. The molecule has 0 bridgehead atoms. The van der Waals surface area contributed by atoms with Crippen LogP contribution >= 0.6 is 0 Å². The van der Waals surface area contributed by atoms with E-state index in [1.807, 2.05) is 35.2 Å². The van der Waals surface area contributed by atoms with Gasteiger partial charge < -0.3 is 15.0 Å². The van der Waals surface area contributed by atoms with Crippen molar-refractivity contribution in [1.82, 2.24) is 10.2 Å². The Kier molecular flexibility index (Phi) is 4.61. The molecule has 1 aliphatic heterocycles. The molecule has 1 N–H and O–H groups in total. The van der Waals surface area contributed by atoms with Gasteiger partial charge in [0.25, 0.3) is 0 Å². The Hall–Kier alpha value is -2.04. The van der Waals surface area contributed by atoms with Crippen LogP contribution in [-0.4, -0.2) is 42.5 Å². The average Bonchev–Trinajstić information content (AvgIpc) is 3.37. The van der Waals surface area contributed by atoms with Gasteiger partial charge in [0.15, 0.2) is 0 Å². The molecule has 0 radical (unpaired) electrons. The smallest absolute Gasteiger partial charge is 0.225 e. The molecule has 3 rings (SSSR count). The second-order valence-electron chi connectivity index (χ2n) is 5.97. The lowest BCUT2D eigenvalue weighted by atomic mass is 9.96. The fourth-order valence-corrected chi connectivity index (χ4v) is 2.83. The molecule has 5 nitrogen and oxygen atoms in total. The Morgan fingerprint density at radius 3 is 2.73 bits per heavy atom. The van der Waals surface area contributed by atoms with Crippen LogP contribution < -0.4 is 10.1 Å². The van der Waals surface area contributed by atoms with Gasteiger partial charge in [0, 0.05) is 19.0 Å². The number of ether oxygens (including phenoxy) is 1. The number of para-hydroxylation sites is 1. The van der Waals surface area contributed by atoms with Gasteiger partial charge in [-0.05, 0) is 31.4 Å². The van der Waals surface area contributed by atoms with Crippen LogP contribution in [0.3, 0.4) is 0 Å². The maximum atomic E-state index is 12.2. The Balaban J connectivity index is 1.39. The molecule has 1 aromatic carbocycles. The zero-order chi connectivity index (χ0) is 15.4. The highest BCUT2D eigenvalue weighted by atomic mass is 16.5. The van der Waals surface area contributed by atoms with Gasteiger partial charge in [-0.2, -0.15) is 0 Å². The van der Waals surface area contributed by atoms with Gasteiger partial charge in [-0.3, -0.25) is 9.59 Å². The van der Waals surface area contributed by atoms with Gasteiger partial charge in [-0.1, -0.05) is 18.2 Å². The van der Waals surface area contributed by atoms with E-state index in [1.54, 1.807) is 0 Å². The molecule has 1 aromatic rings. The molecule has 0 aromatic heterocycles. The summed E-state index contributed by atoms with van der Waals surface area (Å²) in [6.45, 7) is 1.52. The SMILES string of the molecule is O=C(NCCOc1ccccc1)[C@@H]1CCC(=O)N(C2CC2)C1. The van der Waals surface area contributed by atoms with Crippen molar-refractivity contribution < 1.29 is 14.3 Å². The highest BCUT2D eigenvalue weighted by Gasteiger charge is 2.38. The lowest BCUT2D eigenvalue weighted by Crippen LogP contribution is -2.47. The van der Waals surface area contributed by atoms with Crippen LogP contribution in [0.4, 0.5) is 0 Å². The number of benzene rings is 1. The quantitative estimate of drug-likeness (QED) is 0.812. The van der Waals surface area contributed by atoms with Crippen molar-refractivity contribution in [3.8, 4) is 5.75 Å². The standard InChI is InChI=1S/C17H22N2O3/c20-16-9-6-13(12-19(16)14-7-8-14)17(21)18-10-11-22-15-4-2-1-3-5-15/h1-5,13-14H,6-12H2,(H,18,21)/t13-/m1/s1. The molecule has 1 atom stereocenters. The average molecular weight is 302 g/mol. The molecule has 5 heteroatoms. The predicted octanol–water partition coefficient (Wildman–Crippen LogP) is 1.58. The molecule has 0 unspecified atom stereocenters. The van der Waals surface area contributed by atoms with Crippen LogP contribution in [-0.2, 0) is 9.59 Å². The number of amides is 2. The molecule has 2 fully saturated rings. The molecule has 1 aliphatic carbocycles. The molecule has 1 heterocycles. The van der Waals surface area contributed by atoms with Gasteiger partial charge in [0.1, 0.15) is 12.4 Å². The summed E-state index contributed by atoms with van der Waals surface area (Å²) in [5.74, 6) is 0.976. The maximum absolute atomic E-state index is 12.2. The number of nitrogens with zero attached hydrogens (tertiary/aromatic N) is 1. The Bertz CT molecular complexity index is 528. The van der Waals surface area contributed by atoms with Crippen LogP contribution in [0.5, 0.6) is 5.75 Å². The van der Waals surface area contributed by atoms with Crippen LogP contribution in [0.1, 0.15) is 25.7 Å². The minimum absolute atomic E-state index is 0.0369. The van der Waals surface area contributed by atoms with Crippen molar-refractivity contribution in [2.45, 2.75) is 31.7 Å². The summed E-state index contributed by atoms with van der Waals surface area (Å²) in [6.07, 6.45) is 3.33. The van der Waals surface area contributed by atoms with Crippen molar-refractivity contribution in [2.24, 2.45) is 5.92 Å². The van der Waals surface area contributed by atoms with Crippen LogP contribution in [0.25, 0.3) is 0 Å². The molecular weight excluding hydrogens is 280 g/mol. The highest BCUT2D eigenvalue weighted by molar-refractivity contribution is 5.84. The Morgan fingerprint density at radius 1 is 1.23 bits per heavy atom. The van der Waals surface area contributed by atoms with E-state index in [0.29, 0.717) is 38.6 Å². The largest absolute Gasteiger partial charge is 0.492 e. The normalized spacial score (nSPS) is 21.5. The Labute approximate surface area is 130 Å². The van der Waals surface area contributed by atoms with E-state index in [-0.39, 0.29) is 17.7 Å². The summed E-state index contributed by atoms with van der Waals surface area (Å²) in [4.78, 5) is 25.9. The summed E-state index contributed by atoms with van der Waals surface area (Å²) in [5, 5.41) is 2.92. The van der Waals surface area contributed by atoms with Gasteiger partial charge in [0.05, 0.1) is 12.5 Å². The summed E-state index contributed by atoms with van der Waals surface area (Å²) < 4.78 is 5.55. The van der Waals surface area contributed by atoms with E-state index in [0.717, 1.165) is 18.6 Å². The first-order valence-corrected chi connectivity index (χ1v) is 7.99. The first-order valence-electron chi connectivity index (χ1n) is 7.99. The zero-order valence-electron chi connectivity index (χ0n) is 12.7. The second-order valence-corrected chi connectivity index (χ2v) is 5.97. The highest BCUT2D eigenvalue weighted by Crippen LogP contribution is 2.31. The zero-order valence-corrected chi connectivity index (χ0v) is 12.7. The number of hydrogen-bond donors (Lipinski definition) is 1. The van der Waals surface area contributed by atoms with Gasteiger partial charge in [-0.25, -0.2) is 0 Å². The first kappa shape index (κ1) is 14.9. The third kappa shape index (κ3) is 3.78. The van der Waals surface area contributed by atoms with Gasteiger partial charge in [-0.15, -0.1) is 0 Å². The van der Waals surface area contributed by atoms with E-state index in [1.165, 1.54) is 0 Å². The second kappa shape index (κ2) is 6.81. The molecule has 1 saturated carbocycles. The number of piperidine rings is 1. The van der Waals surface area contributed by atoms with E-state index in [9.17, 15) is 9.59 Å². The van der Waals surface area contributed by atoms with Gasteiger partial charge >= 0.3 is 0 Å². The molecule has 1 saturated heterocycles. The first-order chi connectivity index (χ1) is 10.7. The molecular formula is C17H22N2O3. The number of nitrogens with one attached hydrogen (secondary N) is 1. The fraction of sp³-hybridized carbons (Fsp3) is 0.529. The lowest BCUT2D eigenvalue weighted by molar-refractivity contribution is -0.138. The molecule has 22 heavy (non-hydrogen) atoms. The van der Waals surface area contributed by atoms with Crippen molar-refractivity contribution >= 4 is 11.8 Å². The summed E-state index contributed by atoms with van der Waals surface area (Å²) in [7, 11) is 0. The molecule has 0 spiro atoms. The van der Waals surface area contributed by atoms with E-state index >= 15 is 0 Å². The van der Waals surface area contributed by atoms with Crippen LogP contribution in [0.2, 0.25) is 0 Å². The predicted molar refractivity (Wildman–Crippen MR) is 82.4 cm³/mol. The summed E-state index contributed by atoms with van der Waals surface area (Å²) in [6, 6.07) is 9.94. The minimum Gasteiger partial charge on any atom is -0.492 e. The van der Waals surface area contributed by atoms with Crippen molar-refractivity contribution in [1.29, 1.82) is 0 Å². The van der Waals surface area contributed by atoms with E-state index < -0.39 is 0 Å². The van der Waals surface area contributed by atoms with Crippen LogP contribution in [0.15, 0.2) is 30.3 Å². The van der Waals surface area contributed by atoms with E-state index in [4.69, 9.17) is 4.74 Å². The number of carbonyl (C=O) groups excluding carboxylic acids is 2. The minimum atomic E-state index is -0.0741. The topological polar surface area (TPSA) is 58.6 Å². The van der Waals surface area contributed by atoms with Gasteiger partial charge in [0.2, 0.25) is 11.8 Å². The molecule has 2 aliphatic rings. The van der Waals surface area contributed by atoms with Crippen molar-refractivity contribution in [3.63, 3.8) is 0 Å². The lowest BCUT2D eigenvalue weighted by Gasteiger charge is -2.32. The van der Waals surface area contributed by atoms with Crippen molar-refractivity contribution in [3.05, 3.63) is 30.3 Å². The number of carbonyl (C=O) groups is 2. The molecule has 2 amide bonds. The van der Waals surface area contributed by atoms with Crippen LogP contribution in [0, 0.1) is 5.92 Å². The van der Waals surface area contributed by atoms with Crippen molar-refractivity contribution in [2.75, 3.05) is 19.7 Å². The summed E-state index contributed by atoms with van der Waals surface area (Å²) >= 11 is 0. The molecule has 118 valence electrons. The third-order valence-corrected chi connectivity index (χ3v) is 4.22. The Morgan fingerprint density at radius 2 is 2.00 bits per heavy atom. The number of hydrogen-bond acceptors (Lipinski definition) is 3. The fourth-order valence-electron chi connectivity index (χ4n) is 2.83. The van der Waals surface area contributed by atoms with E-state index in [2.05, 4.69) is 5.32 Å².